The van der Waals surface area contributed by atoms with E-state index in [1.807, 2.05) is 0 Å². The standard InChI is InChI=1S/C19H38O6/c1-3-5-6-7-8-9-10-12-14(11-4-2)24-19-18(23)17(22)16(21)15(13-20)25-19/h14-23H,3-13H2,1-2H3/t14?,15?,16-,17?,18?,19-/m1/s1. The number of ether oxygens (including phenoxy) is 2. The Bertz CT molecular complexity index is 325. The van der Waals surface area contributed by atoms with E-state index in [0.29, 0.717) is 0 Å². The third-order valence-corrected chi connectivity index (χ3v) is 4.92. The molecule has 1 fully saturated rings. The Labute approximate surface area is 152 Å². The number of hydrogen-bond acceptors (Lipinski definition) is 6. The maximum atomic E-state index is 10.1. The van der Waals surface area contributed by atoms with Gasteiger partial charge in [-0.1, -0.05) is 65.2 Å². The summed E-state index contributed by atoms with van der Waals surface area (Å²) in [6.07, 6.45) is 5.29. The lowest BCUT2D eigenvalue weighted by molar-refractivity contribution is -0.312. The number of unbranched alkanes of at least 4 members (excludes halogenated alkanes) is 6. The van der Waals surface area contributed by atoms with E-state index >= 15 is 0 Å². The molecule has 0 aliphatic carbocycles. The second-order valence-corrected chi connectivity index (χ2v) is 7.15. The summed E-state index contributed by atoms with van der Waals surface area (Å²) >= 11 is 0. The summed E-state index contributed by atoms with van der Waals surface area (Å²) in [5.41, 5.74) is 0. The predicted octanol–water partition coefficient (Wildman–Crippen LogP) is 2.11. The molecule has 1 rings (SSSR count). The van der Waals surface area contributed by atoms with Gasteiger partial charge in [0.15, 0.2) is 6.29 Å². The van der Waals surface area contributed by atoms with Crippen molar-refractivity contribution in [3.63, 3.8) is 0 Å². The van der Waals surface area contributed by atoms with Crippen LogP contribution in [0.5, 0.6) is 0 Å². The van der Waals surface area contributed by atoms with Gasteiger partial charge >= 0.3 is 0 Å². The van der Waals surface area contributed by atoms with Gasteiger partial charge in [0.05, 0.1) is 12.7 Å². The second-order valence-electron chi connectivity index (χ2n) is 7.15. The zero-order valence-electron chi connectivity index (χ0n) is 15.8. The summed E-state index contributed by atoms with van der Waals surface area (Å²) in [5.74, 6) is 0. The normalized spacial score (nSPS) is 31.2. The molecule has 0 bridgehead atoms. The van der Waals surface area contributed by atoms with Gasteiger partial charge in [-0.25, -0.2) is 0 Å². The van der Waals surface area contributed by atoms with Gasteiger partial charge in [0.2, 0.25) is 0 Å². The SMILES string of the molecule is CCCCCCCCCC(CCC)O[C@@H]1OC(CO)[C@@H](O)C(O)C1O. The lowest BCUT2D eigenvalue weighted by Gasteiger charge is -2.41. The van der Waals surface area contributed by atoms with Gasteiger partial charge < -0.3 is 29.9 Å². The van der Waals surface area contributed by atoms with Crippen molar-refractivity contribution >= 4 is 0 Å². The van der Waals surface area contributed by atoms with Crippen LogP contribution in [0.25, 0.3) is 0 Å². The molecule has 6 heteroatoms. The number of rotatable bonds is 13. The molecule has 0 aromatic heterocycles. The van der Waals surface area contributed by atoms with Gasteiger partial charge in [-0.2, -0.15) is 0 Å². The Hall–Kier alpha value is -0.240. The maximum Gasteiger partial charge on any atom is 0.186 e. The topological polar surface area (TPSA) is 99.4 Å². The summed E-state index contributed by atoms with van der Waals surface area (Å²) in [7, 11) is 0. The molecule has 0 radical (unpaired) electrons. The van der Waals surface area contributed by atoms with Gasteiger partial charge in [0.1, 0.15) is 24.4 Å². The van der Waals surface area contributed by atoms with Crippen molar-refractivity contribution in [2.45, 2.75) is 115 Å². The highest BCUT2D eigenvalue weighted by Gasteiger charge is 2.44. The molecule has 150 valence electrons. The van der Waals surface area contributed by atoms with Crippen molar-refractivity contribution in [1.82, 2.24) is 0 Å². The third kappa shape index (κ3) is 7.89. The quantitative estimate of drug-likeness (QED) is 0.375. The van der Waals surface area contributed by atoms with Crippen LogP contribution in [0, 0.1) is 0 Å². The molecule has 1 aliphatic heterocycles. The number of aliphatic hydroxyl groups is 4. The zero-order chi connectivity index (χ0) is 18.7. The highest BCUT2D eigenvalue weighted by molar-refractivity contribution is 4.89. The highest BCUT2D eigenvalue weighted by Crippen LogP contribution is 2.25. The van der Waals surface area contributed by atoms with E-state index < -0.39 is 37.3 Å². The van der Waals surface area contributed by atoms with E-state index in [1.165, 1.54) is 38.5 Å². The predicted molar refractivity (Wildman–Crippen MR) is 96.2 cm³/mol. The van der Waals surface area contributed by atoms with Crippen LogP contribution in [-0.2, 0) is 9.47 Å². The summed E-state index contributed by atoms with van der Waals surface area (Å²) in [4.78, 5) is 0. The van der Waals surface area contributed by atoms with Crippen LogP contribution in [0.2, 0.25) is 0 Å². The van der Waals surface area contributed by atoms with Crippen LogP contribution in [0.3, 0.4) is 0 Å². The van der Waals surface area contributed by atoms with Crippen LogP contribution in [0.1, 0.15) is 78.1 Å². The molecule has 1 aliphatic rings. The van der Waals surface area contributed by atoms with Gasteiger partial charge in [-0.3, -0.25) is 0 Å². The van der Waals surface area contributed by atoms with Crippen molar-refractivity contribution in [2.24, 2.45) is 0 Å². The molecule has 25 heavy (non-hydrogen) atoms. The van der Waals surface area contributed by atoms with Crippen LogP contribution in [-0.4, -0.2) is 63.8 Å². The second kappa shape index (κ2) is 13.0. The van der Waals surface area contributed by atoms with Crippen molar-refractivity contribution in [3.8, 4) is 0 Å². The summed E-state index contributed by atoms with van der Waals surface area (Å²) in [5, 5.41) is 39.0. The summed E-state index contributed by atoms with van der Waals surface area (Å²) in [6, 6.07) is 0. The van der Waals surface area contributed by atoms with Crippen LogP contribution in [0.15, 0.2) is 0 Å². The largest absolute Gasteiger partial charge is 0.394 e. The van der Waals surface area contributed by atoms with Crippen molar-refractivity contribution < 1.29 is 29.9 Å². The lowest BCUT2D eigenvalue weighted by atomic mass is 9.99. The minimum atomic E-state index is -1.38. The molecule has 6 nitrogen and oxygen atoms in total. The van der Waals surface area contributed by atoms with E-state index in [4.69, 9.17) is 9.47 Å². The molecule has 0 saturated carbocycles. The van der Waals surface area contributed by atoms with E-state index in [1.54, 1.807) is 0 Å². The van der Waals surface area contributed by atoms with Gasteiger partial charge in [0, 0.05) is 0 Å². The summed E-state index contributed by atoms with van der Waals surface area (Å²) < 4.78 is 11.3. The molecule has 6 atom stereocenters. The average molecular weight is 363 g/mol. The monoisotopic (exact) mass is 362 g/mol. The van der Waals surface area contributed by atoms with E-state index in [0.717, 1.165) is 25.7 Å². The highest BCUT2D eigenvalue weighted by atomic mass is 16.7. The van der Waals surface area contributed by atoms with E-state index in [-0.39, 0.29) is 6.10 Å². The Morgan fingerprint density at radius 3 is 2.04 bits per heavy atom. The molecule has 0 aromatic rings. The Morgan fingerprint density at radius 2 is 1.44 bits per heavy atom. The van der Waals surface area contributed by atoms with Crippen molar-refractivity contribution in [3.05, 3.63) is 0 Å². The first-order valence-corrected chi connectivity index (χ1v) is 10.0. The third-order valence-electron chi connectivity index (χ3n) is 4.92. The number of aliphatic hydroxyl groups excluding tert-OH is 4. The fourth-order valence-electron chi connectivity index (χ4n) is 3.30. The minimum Gasteiger partial charge on any atom is -0.394 e. The molecule has 1 heterocycles. The Balaban J connectivity index is 2.39. The van der Waals surface area contributed by atoms with E-state index in [9.17, 15) is 20.4 Å². The number of hydrogen-bond donors (Lipinski definition) is 4. The molecular weight excluding hydrogens is 324 g/mol. The molecule has 1 saturated heterocycles. The van der Waals surface area contributed by atoms with E-state index in [2.05, 4.69) is 13.8 Å². The lowest BCUT2D eigenvalue weighted by Crippen LogP contribution is -2.59. The van der Waals surface area contributed by atoms with Crippen LogP contribution >= 0.6 is 0 Å². The average Bonchev–Trinajstić information content (AvgIpc) is 2.61. The first kappa shape index (κ1) is 22.8. The molecule has 0 spiro atoms. The summed E-state index contributed by atoms with van der Waals surface area (Å²) in [6.45, 7) is 3.86. The van der Waals surface area contributed by atoms with Crippen LogP contribution < -0.4 is 0 Å². The van der Waals surface area contributed by atoms with Gasteiger partial charge in [-0.05, 0) is 12.8 Å². The fourth-order valence-corrected chi connectivity index (χ4v) is 3.30. The molecular formula is C19H38O6. The Kier molecular flexibility index (Phi) is 11.9. The van der Waals surface area contributed by atoms with Crippen molar-refractivity contribution in [2.75, 3.05) is 6.61 Å². The minimum absolute atomic E-state index is 0.0536. The molecule has 0 aromatic carbocycles. The zero-order valence-corrected chi connectivity index (χ0v) is 15.8. The first-order valence-electron chi connectivity index (χ1n) is 10.0. The molecule has 0 amide bonds. The fraction of sp³-hybridized carbons (Fsp3) is 1.00. The van der Waals surface area contributed by atoms with Crippen LogP contribution in [0.4, 0.5) is 0 Å². The smallest absolute Gasteiger partial charge is 0.186 e. The maximum absolute atomic E-state index is 10.1. The molecule has 4 unspecified atom stereocenters. The Morgan fingerprint density at radius 1 is 0.800 bits per heavy atom. The van der Waals surface area contributed by atoms with Gasteiger partial charge in [0.25, 0.3) is 0 Å². The van der Waals surface area contributed by atoms with Gasteiger partial charge in [-0.15, -0.1) is 0 Å². The first-order chi connectivity index (χ1) is 12.0. The molecule has 4 N–H and O–H groups in total. The van der Waals surface area contributed by atoms with Crippen molar-refractivity contribution in [1.29, 1.82) is 0 Å².